The number of aliphatic hydroxyl groups is 1. The largest absolute Gasteiger partial charge is 0.497 e. The highest BCUT2D eigenvalue weighted by Gasteiger charge is 2.20. The van der Waals surface area contributed by atoms with E-state index in [0.29, 0.717) is 5.92 Å². The summed E-state index contributed by atoms with van der Waals surface area (Å²) in [5.74, 6) is 2.02. The van der Waals surface area contributed by atoms with Crippen LogP contribution >= 0.6 is 12.2 Å². The maximum atomic E-state index is 9.31. The van der Waals surface area contributed by atoms with Crippen LogP contribution in [0.1, 0.15) is 18.4 Å². The van der Waals surface area contributed by atoms with Crippen LogP contribution in [0.4, 0.5) is 0 Å². The Labute approximate surface area is 143 Å². The second kappa shape index (κ2) is 8.93. The molecule has 23 heavy (non-hydrogen) atoms. The Hall–Kier alpha value is -1.53. The predicted octanol–water partition coefficient (Wildman–Crippen LogP) is 1.83. The van der Waals surface area contributed by atoms with Gasteiger partial charge in [0.2, 0.25) is 0 Å². The third kappa shape index (κ3) is 4.97. The van der Waals surface area contributed by atoms with Crippen LogP contribution in [0.2, 0.25) is 0 Å². The van der Waals surface area contributed by atoms with Crippen molar-refractivity contribution in [3.8, 4) is 11.5 Å². The quantitative estimate of drug-likeness (QED) is 0.772. The van der Waals surface area contributed by atoms with E-state index in [-0.39, 0.29) is 6.61 Å². The molecule has 1 aliphatic rings. The minimum atomic E-state index is 0.236. The number of thiocarbonyl (C=S) groups is 1. The van der Waals surface area contributed by atoms with E-state index in [2.05, 4.69) is 10.2 Å². The van der Waals surface area contributed by atoms with Crippen molar-refractivity contribution >= 4 is 17.3 Å². The van der Waals surface area contributed by atoms with E-state index in [1.165, 1.54) is 0 Å². The van der Waals surface area contributed by atoms with Crippen LogP contribution in [0.3, 0.4) is 0 Å². The molecule has 0 aliphatic carbocycles. The van der Waals surface area contributed by atoms with E-state index in [9.17, 15) is 5.11 Å². The molecule has 6 heteroatoms. The van der Waals surface area contributed by atoms with E-state index in [4.69, 9.17) is 21.7 Å². The fourth-order valence-corrected chi connectivity index (χ4v) is 3.16. The van der Waals surface area contributed by atoms with Crippen molar-refractivity contribution in [1.82, 2.24) is 10.2 Å². The van der Waals surface area contributed by atoms with Crippen LogP contribution in [-0.4, -0.2) is 55.6 Å². The molecule has 128 valence electrons. The van der Waals surface area contributed by atoms with Gasteiger partial charge in [-0.3, -0.25) is 0 Å². The minimum Gasteiger partial charge on any atom is -0.497 e. The molecule has 0 spiro atoms. The zero-order valence-electron chi connectivity index (χ0n) is 13.9. The zero-order chi connectivity index (χ0) is 16.7. The van der Waals surface area contributed by atoms with Gasteiger partial charge < -0.3 is 24.8 Å². The summed E-state index contributed by atoms with van der Waals surface area (Å²) in [6.07, 6.45) is 2.96. The first-order valence-corrected chi connectivity index (χ1v) is 8.43. The third-order valence-electron chi connectivity index (χ3n) is 4.22. The lowest BCUT2D eigenvalue weighted by Gasteiger charge is -2.33. The molecule has 1 aromatic carbocycles. The van der Waals surface area contributed by atoms with E-state index in [1.807, 2.05) is 18.2 Å². The molecular formula is C17H26N2O3S. The number of aliphatic hydroxyl groups excluding tert-OH is 1. The summed E-state index contributed by atoms with van der Waals surface area (Å²) in [7, 11) is 3.33. The summed E-state index contributed by atoms with van der Waals surface area (Å²) >= 11 is 5.48. The highest BCUT2D eigenvalue weighted by molar-refractivity contribution is 7.80. The summed E-state index contributed by atoms with van der Waals surface area (Å²) in [4.78, 5) is 2.16. The maximum Gasteiger partial charge on any atom is 0.168 e. The SMILES string of the molecule is COc1ccc(OC)c(CCNC(=S)N2CCCC(CO)C2)c1. The second-order valence-corrected chi connectivity index (χ2v) is 6.18. The van der Waals surface area contributed by atoms with Crippen molar-refractivity contribution in [2.45, 2.75) is 19.3 Å². The van der Waals surface area contributed by atoms with Crippen molar-refractivity contribution in [2.75, 3.05) is 40.5 Å². The third-order valence-corrected chi connectivity index (χ3v) is 4.63. The monoisotopic (exact) mass is 338 g/mol. The van der Waals surface area contributed by atoms with Gasteiger partial charge in [-0.15, -0.1) is 0 Å². The second-order valence-electron chi connectivity index (χ2n) is 5.80. The summed E-state index contributed by atoms with van der Waals surface area (Å²) < 4.78 is 10.7. The lowest BCUT2D eigenvalue weighted by Crippen LogP contribution is -2.46. The Balaban J connectivity index is 1.85. The Morgan fingerprint density at radius 2 is 2.22 bits per heavy atom. The standard InChI is InChI=1S/C17H26N2O3S/c1-21-15-5-6-16(22-2)14(10-15)7-8-18-17(23)19-9-3-4-13(11-19)12-20/h5-6,10,13,20H,3-4,7-9,11-12H2,1-2H3,(H,18,23). The topological polar surface area (TPSA) is 54.0 Å². The number of hydrogen-bond acceptors (Lipinski definition) is 4. The fourth-order valence-electron chi connectivity index (χ4n) is 2.89. The first-order chi connectivity index (χ1) is 11.2. The molecule has 1 atom stereocenters. The number of rotatable bonds is 6. The van der Waals surface area contributed by atoms with Gasteiger partial charge in [-0.1, -0.05) is 0 Å². The number of hydrogen-bond donors (Lipinski definition) is 2. The number of nitrogens with zero attached hydrogens (tertiary/aromatic N) is 1. The van der Waals surface area contributed by atoms with Crippen LogP contribution in [0.5, 0.6) is 11.5 Å². The molecule has 1 heterocycles. The average molecular weight is 338 g/mol. The van der Waals surface area contributed by atoms with Gasteiger partial charge in [-0.2, -0.15) is 0 Å². The number of piperidine rings is 1. The number of ether oxygens (including phenoxy) is 2. The summed E-state index contributed by atoms with van der Waals surface area (Å²) in [6.45, 7) is 2.78. The first-order valence-electron chi connectivity index (χ1n) is 8.02. The minimum absolute atomic E-state index is 0.236. The van der Waals surface area contributed by atoms with Gasteiger partial charge in [0, 0.05) is 26.2 Å². The molecule has 0 radical (unpaired) electrons. The van der Waals surface area contributed by atoms with Crippen molar-refractivity contribution in [1.29, 1.82) is 0 Å². The molecule has 0 amide bonds. The summed E-state index contributed by atoms with van der Waals surface area (Å²) in [6, 6.07) is 5.80. The van der Waals surface area contributed by atoms with E-state index < -0.39 is 0 Å². The normalized spacial score (nSPS) is 17.7. The molecule has 1 unspecified atom stereocenters. The number of nitrogens with one attached hydrogen (secondary N) is 1. The maximum absolute atomic E-state index is 9.31. The Bertz CT molecular complexity index is 525. The van der Waals surface area contributed by atoms with Crippen LogP contribution < -0.4 is 14.8 Å². The molecule has 1 aromatic rings. The van der Waals surface area contributed by atoms with Gasteiger partial charge in [-0.05, 0) is 61.2 Å². The molecule has 5 nitrogen and oxygen atoms in total. The van der Waals surface area contributed by atoms with Crippen molar-refractivity contribution in [3.05, 3.63) is 23.8 Å². The highest BCUT2D eigenvalue weighted by Crippen LogP contribution is 2.24. The molecular weight excluding hydrogens is 312 g/mol. The predicted molar refractivity (Wildman–Crippen MR) is 95.2 cm³/mol. The van der Waals surface area contributed by atoms with Gasteiger partial charge in [0.1, 0.15) is 11.5 Å². The summed E-state index contributed by atoms with van der Waals surface area (Å²) in [5, 5.41) is 13.4. The average Bonchev–Trinajstić information content (AvgIpc) is 2.61. The molecule has 2 rings (SSSR count). The van der Waals surface area contributed by atoms with Crippen LogP contribution in [0.15, 0.2) is 18.2 Å². The lowest BCUT2D eigenvalue weighted by atomic mass is 9.99. The van der Waals surface area contributed by atoms with Crippen molar-refractivity contribution in [3.63, 3.8) is 0 Å². The van der Waals surface area contributed by atoms with Crippen LogP contribution in [0.25, 0.3) is 0 Å². The van der Waals surface area contributed by atoms with Crippen molar-refractivity contribution < 1.29 is 14.6 Å². The van der Waals surface area contributed by atoms with Gasteiger partial charge in [-0.25, -0.2) is 0 Å². The Morgan fingerprint density at radius 1 is 1.39 bits per heavy atom. The van der Waals surface area contributed by atoms with E-state index in [0.717, 1.165) is 61.1 Å². The number of methoxy groups -OCH3 is 2. The van der Waals surface area contributed by atoms with Gasteiger partial charge in [0.25, 0.3) is 0 Å². The zero-order valence-corrected chi connectivity index (χ0v) is 14.7. The van der Waals surface area contributed by atoms with Crippen LogP contribution in [-0.2, 0) is 6.42 Å². The number of benzene rings is 1. The Kier molecular flexibility index (Phi) is 6.92. The van der Waals surface area contributed by atoms with Crippen molar-refractivity contribution in [2.24, 2.45) is 5.92 Å². The Morgan fingerprint density at radius 3 is 2.91 bits per heavy atom. The van der Waals surface area contributed by atoms with E-state index in [1.54, 1.807) is 14.2 Å². The summed E-state index contributed by atoms with van der Waals surface area (Å²) in [5.41, 5.74) is 1.09. The first kappa shape index (κ1) is 17.8. The fraction of sp³-hybridized carbons (Fsp3) is 0.588. The molecule has 0 aromatic heterocycles. The molecule has 0 saturated carbocycles. The highest BCUT2D eigenvalue weighted by atomic mass is 32.1. The van der Waals surface area contributed by atoms with Gasteiger partial charge in [0.15, 0.2) is 5.11 Å². The molecule has 0 bridgehead atoms. The lowest BCUT2D eigenvalue weighted by molar-refractivity contribution is 0.160. The van der Waals surface area contributed by atoms with Gasteiger partial charge >= 0.3 is 0 Å². The molecule has 2 N–H and O–H groups in total. The molecule has 1 saturated heterocycles. The van der Waals surface area contributed by atoms with Gasteiger partial charge in [0.05, 0.1) is 14.2 Å². The molecule has 1 fully saturated rings. The number of likely N-dealkylation sites (tertiary alicyclic amines) is 1. The van der Waals surface area contributed by atoms with E-state index >= 15 is 0 Å². The smallest absolute Gasteiger partial charge is 0.168 e. The van der Waals surface area contributed by atoms with Crippen LogP contribution in [0, 0.1) is 5.92 Å². The molecule has 1 aliphatic heterocycles.